The Balaban J connectivity index is 1.67. The maximum absolute atomic E-state index is 12.6. The molecule has 2 aromatic carbocycles. The molecule has 0 unspecified atom stereocenters. The van der Waals surface area contributed by atoms with Crippen molar-refractivity contribution in [3.63, 3.8) is 0 Å². The Hall–Kier alpha value is -2.86. The Bertz CT molecular complexity index is 953. The second-order valence-corrected chi connectivity index (χ2v) is 8.07. The van der Waals surface area contributed by atoms with Crippen LogP contribution in [-0.2, 0) is 4.79 Å². The van der Waals surface area contributed by atoms with E-state index in [9.17, 15) is 4.79 Å². The van der Waals surface area contributed by atoms with Crippen LogP contribution in [0, 0.1) is 5.92 Å². The van der Waals surface area contributed by atoms with E-state index >= 15 is 0 Å². The van der Waals surface area contributed by atoms with Crippen molar-refractivity contribution in [3.05, 3.63) is 53.9 Å². The minimum Gasteiger partial charge on any atom is -0.497 e. The van der Waals surface area contributed by atoms with Crippen molar-refractivity contribution >= 4 is 33.8 Å². The van der Waals surface area contributed by atoms with Gasteiger partial charge in [-0.2, -0.15) is 0 Å². The molecule has 0 fully saturated rings. The number of anilines is 3. The number of rotatable bonds is 10. The van der Waals surface area contributed by atoms with Gasteiger partial charge in [-0.05, 0) is 49.2 Å². The standard InChI is InChI=1S/C24H29N3O2S/c1-4-6-8-17(5-2)23(28)25-20-10-7-9-18(15-20)22-16-30-24(27-22)26-19-11-13-21(29-3)14-12-19/h7,9-17H,4-6,8H2,1-3H3,(H,25,28)(H,26,27)/t17-/m1/s1. The molecule has 1 amide bonds. The maximum atomic E-state index is 12.6. The number of amides is 1. The van der Waals surface area contributed by atoms with Crippen LogP contribution in [0.25, 0.3) is 11.3 Å². The zero-order valence-electron chi connectivity index (χ0n) is 17.8. The predicted octanol–water partition coefficient (Wildman–Crippen LogP) is 6.72. The van der Waals surface area contributed by atoms with E-state index in [2.05, 4.69) is 24.5 Å². The monoisotopic (exact) mass is 423 g/mol. The van der Waals surface area contributed by atoms with Gasteiger partial charge in [-0.15, -0.1) is 11.3 Å². The van der Waals surface area contributed by atoms with Crippen LogP contribution in [0.1, 0.15) is 39.5 Å². The molecular formula is C24H29N3O2S. The van der Waals surface area contributed by atoms with Gasteiger partial charge >= 0.3 is 0 Å². The smallest absolute Gasteiger partial charge is 0.227 e. The molecule has 0 spiro atoms. The SMILES string of the molecule is CCCC[C@@H](CC)C(=O)Nc1cccc(-c2csc(Nc3ccc(OC)cc3)n2)c1. The average Bonchev–Trinajstić information content (AvgIpc) is 3.23. The summed E-state index contributed by atoms with van der Waals surface area (Å²) in [4.78, 5) is 17.3. The molecule has 3 aromatic rings. The lowest BCUT2D eigenvalue weighted by Crippen LogP contribution is -2.22. The number of carbonyl (C=O) groups excluding carboxylic acids is 1. The highest BCUT2D eigenvalue weighted by molar-refractivity contribution is 7.14. The molecule has 6 heteroatoms. The second kappa shape index (κ2) is 10.8. The molecule has 0 aliphatic heterocycles. The van der Waals surface area contributed by atoms with Crippen LogP contribution in [0.4, 0.5) is 16.5 Å². The van der Waals surface area contributed by atoms with Crippen molar-refractivity contribution in [1.82, 2.24) is 4.98 Å². The van der Waals surface area contributed by atoms with Gasteiger partial charge in [0.05, 0.1) is 12.8 Å². The van der Waals surface area contributed by atoms with Gasteiger partial charge in [-0.3, -0.25) is 4.79 Å². The third-order valence-corrected chi connectivity index (χ3v) is 5.80. The first-order valence-corrected chi connectivity index (χ1v) is 11.3. The number of ether oxygens (including phenoxy) is 1. The Morgan fingerprint density at radius 1 is 1.13 bits per heavy atom. The van der Waals surface area contributed by atoms with Crippen LogP contribution in [0.3, 0.4) is 0 Å². The van der Waals surface area contributed by atoms with Crippen LogP contribution < -0.4 is 15.4 Å². The van der Waals surface area contributed by atoms with Gasteiger partial charge in [0, 0.05) is 28.2 Å². The van der Waals surface area contributed by atoms with Crippen LogP contribution in [0.5, 0.6) is 5.75 Å². The fourth-order valence-corrected chi connectivity index (χ4v) is 3.97. The number of thiazole rings is 1. The highest BCUT2D eigenvalue weighted by Crippen LogP contribution is 2.29. The first kappa shape index (κ1) is 21.8. The van der Waals surface area contributed by atoms with Crippen molar-refractivity contribution in [2.75, 3.05) is 17.7 Å². The summed E-state index contributed by atoms with van der Waals surface area (Å²) in [5.74, 6) is 0.982. The predicted molar refractivity (Wildman–Crippen MR) is 126 cm³/mol. The van der Waals surface area contributed by atoms with Gasteiger partial charge in [0.1, 0.15) is 5.75 Å². The molecule has 1 aromatic heterocycles. The Labute approximate surface area is 182 Å². The quantitative estimate of drug-likeness (QED) is 0.380. The van der Waals surface area contributed by atoms with Gasteiger partial charge < -0.3 is 15.4 Å². The van der Waals surface area contributed by atoms with E-state index in [0.717, 1.165) is 59.2 Å². The number of carbonyl (C=O) groups is 1. The third kappa shape index (κ3) is 5.83. The van der Waals surface area contributed by atoms with E-state index in [0.29, 0.717) is 0 Å². The van der Waals surface area contributed by atoms with Crippen molar-refractivity contribution in [1.29, 1.82) is 0 Å². The average molecular weight is 424 g/mol. The highest BCUT2D eigenvalue weighted by Gasteiger charge is 2.16. The van der Waals surface area contributed by atoms with Crippen LogP contribution in [0.2, 0.25) is 0 Å². The van der Waals surface area contributed by atoms with E-state index in [4.69, 9.17) is 9.72 Å². The normalized spacial score (nSPS) is 11.7. The van der Waals surface area contributed by atoms with E-state index in [1.54, 1.807) is 18.4 Å². The van der Waals surface area contributed by atoms with Crippen molar-refractivity contribution in [2.24, 2.45) is 5.92 Å². The molecule has 0 saturated carbocycles. The number of hydrogen-bond donors (Lipinski definition) is 2. The zero-order valence-corrected chi connectivity index (χ0v) is 18.6. The van der Waals surface area contributed by atoms with Crippen LogP contribution in [-0.4, -0.2) is 18.0 Å². The van der Waals surface area contributed by atoms with E-state index < -0.39 is 0 Å². The number of aromatic nitrogens is 1. The number of nitrogens with one attached hydrogen (secondary N) is 2. The molecule has 2 N–H and O–H groups in total. The number of hydrogen-bond acceptors (Lipinski definition) is 5. The molecule has 5 nitrogen and oxygen atoms in total. The molecule has 1 atom stereocenters. The van der Waals surface area contributed by atoms with Gasteiger partial charge in [0.2, 0.25) is 5.91 Å². The lowest BCUT2D eigenvalue weighted by Gasteiger charge is -2.15. The molecular weight excluding hydrogens is 394 g/mol. The maximum Gasteiger partial charge on any atom is 0.227 e. The molecule has 30 heavy (non-hydrogen) atoms. The third-order valence-electron chi connectivity index (χ3n) is 5.04. The van der Waals surface area contributed by atoms with Crippen molar-refractivity contribution in [3.8, 4) is 17.0 Å². The molecule has 0 aliphatic rings. The summed E-state index contributed by atoms with van der Waals surface area (Å²) >= 11 is 1.55. The van der Waals surface area contributed by atoms with Crippen molar-refractivity contribution < 1.29 is 9.53 Å². The Morgan fingerprint density at radius 2 is 1.93 bits per heavy atom. The lowest BCUT2D eigenvalue weighted by molar-refractivity contribution is -0.120. The van der Waals surface area contributed by atoms with Gasteiger partial charge in [0.25, 0.3) is 0 Å². The molecule has 0 aliphatic carbocycles. The fourth-order valence-electron chi connectivity index (χ4n) is 3.23. The molecule has 1 heterocycles. The second-order valence-electron chi connectivity index (χ2n) is 7.21. The summed E-state index contributed by atoms with van der Waals surface area (Å²) in [6.07, 6.45) is 3.98. The molecule has 158 valence electrons. The van der Waals surface area contributed by atoms with Crippen molar-refractivity contribution in [2.45, 2.75) is 39.5 Å². The Kier molecular flexibility index (Phi) is 7.85. The molecule has 0 saturated heterocycles. The summed E-state index contributed by atoms with van der Waals surface area (Å²) < 4.78 is 5.19. The number of methoxy groups -OCH3 is 1. The summed E-state index contributed by atoms with van der Waals surface area (Å²) in [7, 11) is 1.65. The first-order valence-electron chi connectivity index (χ1n) is 10.4. The lowest BCUT2D eigenvalue weighted by atomic mass is 9.98. The fraction of sp³-hybridized carbons (Fsp3) is 0.333. The summed E-state index contributed by atoms with van der Waals surface area (Å²) in [6.45, 7) is 4.22. The summed E-state index contributed by atoms with van der Waals surface area (Å²) in [5.41, 5.74) is 3.62. The minimum absolute atomic E-state index is 0.0631. The van der Waals surface area contributed by atoms with Gasteiger partial charge in [-0.1, -0.05) is 38.8 Å². The zero-order chi connectivity index (χ0) is 21.3. The number of nitrogens with zero attached hydrogens (tertiary/aromatic N) is 1. The van der Waals surface area contributed by atoms with Crippen LogP contribution >= 0.6 is 11.3 Å². The first-order chi connectivity index (χ1) is 14.6. The van der Waals surface area contributed by atoms with E-state index in [-0.39, 0.29) is 11.8 Å². The van der Waals surface area contributed by atoms with Crippen LogP contribution in [0.15, 0.2) is 53.9 Å². The highest BCUT2D eigenvalue weighted by atomic mass is 32.1. The van der Waals surface area contributed by atoms with Gasteiger partial charge in [-0.25, -0.2) is 4.98 Å². The molecule has 3 rings (SSSR count). The number of benzene rings is 2. The minimum atomic E-state index is 0.0631. The summed E-state index contributed by atoms with van der Waals surface area (Å²) in [5, 5.41) is 9.23. The van der Waals surface area contributed by atoms with E-state index in [1.807, 2.05) is 53.9 Å². The Morgan fingerprint density at radius 3 is 2.63 bits per heavy atom. The number of unbranched alkanes of at least 4 members (excludes halogenated alkanes) is 1. The summed E-state index contributed by atoms with van der Waals surface area (Å²) in [6, 6.07) is 15.6. The van der Waals surface area contributed by atoms with E-state index in [1.165, 1.54) is 0 Å². The molecule has 0 radical (unpaired) electrons. The topological polar surface area (TPSA) is 63.2 Å². The molecule has 0 bridgehead atoms. The van der Waals surface area contributed by atoms with Gasteiger partial charge in [0.15, 0.2) is 5.13 Å². The largest absolute Gasteiger partial charge is 0.497 e.